The van der Waals surface area contributed by atoms with Gasteiger partial charge in [-0.15, -0.1) is 0 Å². The lowest BCUT2D eigenvalue weighted by molar-refractivity contribution is 0.0689. The van der Waals surface area contributed by atoms with Gasteiger partial charge < -0.3 is 19.8 Å². The molecule has 5 aromatic rings. The van der Waals surface area contributed by atoms with Crippen LogP contribution in [-0.4, -0.2) is 78.8 Å². The monoisotopic (exact) mass is 706 g/mol. The first-order chi connectivity index (χ1) is 24.0. The number of aromatic nitrogens is 4. The number of alkyl halides is 1. The molecule has 0 unspecified atom stereocenters. The van der Waals surface area contributed by atoms with Crippen LogP contribution in [0.4, 0.5) is 19.0 Å². The summed E-state index contributed by atoms with van der Waals surface area (Å²) in [5.41, 5.74) is 0.446. The third-order valence-corrected chi connectivity index (χ3v) is 10.7. The van der Waals surface area contributed by atoms with Gasteiger partial charge in [0, 0.05) is 37.0 Å². The lowest BCUT2D eigenvalue weighted by atomic mass is 9.92. The number of carboxylic acids is 1. The van der Waals surface area contributed by atoms with Gasteiger partial charge in [-0.3, -0.25) is 9.58 Å². The molecule has 2 saturated heterocycles. The lowest BCUT2D eigenvalue weighted by Crippen LogP contribution is -2.43. The number of phenols is 1. The van der Waals surface area contributed by atoms with Crippen LogP contribution in [0, 0.1) is 11.6 Å². The number of ether oxygens (including phenoxy) is 1. The zero-order valence-electron chi connectivity index (χ0n) is 27.2. The van der Waals surface area contributed by atoms with Crippen molar-refractivity contribution in [3.05, 3.63) is 70.0 Å². The number of fused-ring (bicyclic) bond motifs is 4. The van der Waals surface area contributed by atoms with Crippen LogP contribution in [0.3, 0.4) is 0 Å². The molecule has 3 aliphatic rings. The van der Waals surface area contributed by atoms with E-state index in [2.05, 4.69) is 15.0 Å². The fraction of sp³-hybridized carbons (Fsp3) is 0.389. The van der Waals surface area contributed by atoms with E-state index in [1.807, 2.05) is 4.90 Å². The normalized spacial score (nSPS) is 20.7. The van der Waals surface area contributed by atoms with Crippen LogP contribution in [0.2, 0.25) is 5.02 Å². The Morgan fingerprint density at radius 1 is 1.12 bits per heavy atom. The SMILES string of the molecule is CCc1c(F)ccc2cc(O)cc(-c3c(Cl)cc4c(N5CCCn6nc(C(=O)O)cc6C5)nc(OC[C@@]56CCCN5C[C@H](F)C6)nc4c3F)c12. The molecule has 0 saturated carbocycles. The minimum absolute atomic E-state index is 0.000175. The van der Waals surface area contributed by atoms with Gasteiger partial charge in [0.15, 0.2) is 11.5 Å². The van der Waals surface area contributed by atoms with Crippen LogP contribution < -0.4 is 9.64 Å². The van der Waals surface area contributed by atoms with E-state index in [-0.39, 0.29) is 57.7 Å². The molecule has 5 heterocycles. The van der Waals surface area contributed by atoms with Crippen LogP contribution in [0.25, 0.3) is 32.8 Å². The topological polar surface area (TPSA) is 117 Å². The van der Waals surface area contributed by atoms with E-state index in [1.54, 1.807) is 17.7 Å². The predicted molar refractivity (Wildman–Crippen MR) is 182 cm³/mol. The first-order valence-corrected chi connectivity index (χ1v) is 17.1. The molecule has 14 heteroatoms. The van der Waals surface area contributed by atoms with Gasteiger partial charge in [-0.2, -0.15) is 15.1 Å². The number of halogens is 4. The second-order valence-electron chi connectivity index (χ2n) is 13.4. The van der Waals surface area contributed by atoms with Crippen molar-refractivity contribution in [2.45, 2.75) is 63.8 Å². The summed E-state index contributed by atoms with van der Waals surface area (Å²) in [4.78, 5) is 25.0. The average Bonchev–Trinajstić information content (AvgIpc) is 3.71. The number of hydrogen-bond acceptors (Lipinski definition) is 8. The van der Waals surface area contributed by atoms with Gasteiger partial charge in [0.05, 0.1) is 22.8 Å². The number of carboxylic acid groups (broad SMARTS) is 1. The predicted octanol–water partition coefficient (Wildman–Crippen LogP) is 6.91. The van der Waals surface area contributed by atoms with Crippen molar-refractivity contribution in [1.82, 2.24) is 24.6 Å². The second-order valence-corrected chi connectivity index (χ2v) is 13.8. The summed E-state index contributed by atoms with van der Waals surface area (Å²) in [5, 5.41) is 25.7. The molecule has 2 fully saturated rings. The number of carbonyl (C=O) groups is 1. The van der Waals surface area contributed by atoms with E-state index < -0.39 is 29.3 Å². The second kappa shape index (κ2) is 12.3. The maximum atomic E-state index is 17.2. The number of anilines is 1. The number of phenolic OH excluding ortho intramolecular Hbond substituents is 1. The lowest BCUT2D eigenvalue weighted by Gasteiger charge is -2.31. The van der Waals surface area contributed by atoms with Crippen molar-refractivity contribution in [3.63, 3.8) is 0 Å². The van der Waals surface area contributed by atoms with Crippen molar-refractivity contribution in [2.24, 2.45) is 0 Å². The minimum Gasteiger partial charge on any atom is -0.508 e. The van der Waals surface area contributed by atoms with E-state index in [0.717, 1.165) is 19.4 Å². The van der Waals surface area contributed by atoms with Gasteiger partial charge in [-0.05, 0) is 84.5 Å². The zero-order chi connectivity index (χ0) is 34.9. The maximum absolute atomic E-state index is 17.2. The molecular formula is C36H34ClF3N6O4. The molecule has 3 aromatic carbocycles. The Bertz CT molecular complexity index is 2200. The van der Waals surface area contributed by atoms with E-state index in [1.165, 1.54) is 30.3 Å². The highest BCUT2D eigenvalue weighted by Crippen LogP contribution is 2.45. The smallest absolute Gasteiger partial charge is 0.356 e. The van der Waals surface area contributed by atoms with Crippen LogP contribution in [-0.2, 0) is 19.5 Å². The molecule has 10 nitrogen and oxygen atoms in total. The standard InChI is InChI=1S/C36H34ClF3N6O4/c1-2-23-27(39)6-5-19-11-22(47)13-24(29(19)23)30-26(37)14-25-32(31(30)40)41-35(50-18-36-7-3-9-45(36)16-20(38)15-36)42-33(25)44-8-4-10-46-21(17-44)12-28(43-46)34(48)49/h5-6,11-14,20,47H,2-4,7-10,15-18H2,1H3,(H,48,49)/t20-,36+/m1/s1. The highest BCUT2D eigenvalue weighted by molar-refractivity contribution is 6.35. The first kappa shape index (κ1) is 32.6. The van der Waals surface area contributed by atoms with Crippen molar-refractivity contribution in [3.8, 4) is 22.9 Å². The van der Waals surface area contributed by atoms with Crippen molar-refractivity contribution >= 4 is 45.1 Å². The van der Waals surface area contributed by atoms with Crippen LogP contribution in [0.15, 0.2) is 36.4 Å². The molecule has 0 amide bonds. The Kier molecular flexibility index (Phi) is 8.02. The first-order valence-electron chi connectivity index (χ1n) is 16.8. The van der Waals surface area contributed by atoms with Crippen molar-refractivity contribution in [1.29, 1.82) is 0 Å². The molecule has 0 spiro atoms. The van der Waals surface area contributed by atoms with Gasteiger partial charge in [0.2, 0.25) is 0 Å². The number of nitrogens with zero attached hydrogens (tertiary/aromatic N) is 6. The summed E-state index contributed by atoms with van der Waals surface area (Å²) in [7, 11) is 0. The molecule has 0 radical (unpaired) electrons. The molecule has 2 atom stereocenters. The number of aromatic carboxylic acids is 1. The largest absolute Gasteiger partial charge is 0.508 e. The summed E-state index contributed by atoms with van der Waals surface area (Å²) in [6.07, 6.45) is 1.91. The number of benzene rings is 3. The van der Waals surface area contributed by atoms with Gasteiger partial charge in [0.1, 0.15) is 35.7 Å². The Morgan fingerprint density at radius 2 is 1.96 bits per heavy atom. The number of aromatic hydroxyl groups is 1. The summed E-state index contributed by atoms with van der Waals surface area (Å²) in [5.74, 6) is -2.24. The molecule has 8 rings (SSSR count). The Morgan fingerprint density at radius 3 is 2.76 bits per heavy atom. The van der Waals surface area contributed by atoms with Gasteiger partial charge in [0.25, 0.3) is 0 Å². The zero-order valence-corrected chi connectivity index (χ0v) is 28.0. The van der Waals surface area contributed by atoms with E-state index in [9.17, 15) is 19.4 Å². The highest BCUT2D eigenvalue weighted by Gasteiger charge is 2.49. The van der Waals surface area contributed by atoms with Crippen molar-refractivity contribution in [2.75, 3.05) is 31.1 Å². The van der Waals surface area contributed by atoms with Gasteiger partial charge in [-0.25, -0.2) is 18.0 Å². The summed E-state index contributed by atoms with van der Waals surface area (Å²) in [6.45, 7) is 4.16. The minimum atomic E-state index is -1.14. The average molecular weight is 707 g/mol. The number of aryl methyl sites for hydroxylation is 2. The Hall–Kier alpha value is -4.62. The maximum Gasteiger partial charge on any atom is 0.356 e. The van der Waals surface area contributed by atoms with Crippen LogP contribution in [0.5, 0.6) is 11.8 Å². The quantitative estimate of drug-likeness (QED) is 0.186. The third kappa shape index (κ3) is 5.38. The number of rotatable bonds is 7. The molecular weight excluding hydrogens is 673 g/mol. The molecule has 2 N–H and O–H groups in total. The fourth-order valence-electron chi connectivity index (χ4n) is 8.15. The van der Waals surface area contributed by atoms with E-state index in [4.69, 9.17) is 21.3 Å². The molecule has 260 valence electrons. The summed E-state index contributed by atoms with van der Waals surface area (Å²) in [6, 6.07) is 8.67. The molecule has 50 heavy (non-hydrogen) atoms. The molecule has 0 aliphatic carbocycles. The third-order valence-electron chi connectivity index (χ3n) is 10.4. The fourth-order valence-corrected chi connectivity index (χ4v) is 8.44. The summed E-state index contributed by atoms with van der Waals surface area (Å²) >= 11 is 6.91. The van der Waals surface area contributed by atoms with Crippen LogP contribution >= 0.6 is 11.6 Å². The molecule has 3 aliphatic heterocycles. The Balaban J connectivity index is 1.30. The van der Waals surface area contributed by atoms with Gasteiger partial charge >= 0.3 is 12.0 Å². The summed E-state index contributed by atoms with van der Waals surface area (Å²) < 4.78 is 54.8. The molecule has 2 aromatic heterocycles. The van der Waals surface area contributed by atoms with E-state index >= 15 is 8.78 Å². The number of hydrogen-bond donors (Lipinski definition) is 2. The van der Waals surface area contributed by atoms with E-state index in [0.29, 0.717) is 66.7 Å². The van der Waals surface area contributed by atoms with Crippen LogP contribution in [0.1, 0.15) is 54.4 Å². The van der Waals surface area contributed by atoms with Crippen molar-refractivity contribution < 1.29 is 32.9 Å². The highest BCUT2D eigenvalue weighted by atomic mass is 35.5. The van der Waals surface area contributed by atoms with Gasteiger partial charge in [-0.1, -0.05) is 24.6 Å². The Labute approximate surface area is 290 Å². The molecule has 0 bridgehead atoms.